The van der Waals surface area contributed by atoms with Crippen molar-refractivity contribution in [3.8, 4) is 0 Å². The van der Waals surface area contributed by atoms with Gasteiger partial charge in [-0.1, -0.05) is 5.11 Å². The Hall–Kier alpha value is -2.25. The van der Waals surface area contributed by atoms with Crippen LogP contribution in [0.1, 0.15) is 6.23 Å². The third-order valence-electron chi connectivity index (χ3n) is 4.04. The molecule has 0 amide bonds. The number of fused-ring (bicyclic) bond motifs is 1. The second kappa shape index (κ2) is 8.19. The molecule has 0 spiro atoms. The Balaban J connectivity index is 2.03. The Labute approximate surface area is 163 Å². The lowest BCUT2D eigenvalue weighted by atomic mass is 10.1. The SMILES string of the molecule is [N-]=[N+]=N[C@H]1[C@@H](OC(=O)C(S)CS)[C@H](n2cnc3c(N)ncnc32)O[C@@H]1CO. The van der Waals surface area contributed by atoms with Gasteiger partial charge in [-0.05, 0) is 5.53 Å². The fourth-order valence-electron chi connectivity index (χ4n) is 2.76. The van der Waals surface area contributed by atoms with Crippen LogP contribution in [0.5, 0.6) is 0 Å². The Morgan fingerprint density at radius 3 is 3.00 bits per heavy atom. The third kappa shape index (κ3) is 3.61. The molecule has 27 heavy (non-hydrogen) atoms. The van der Waals surface area contributed by atoms with Gasteiger partial charge in [0.25, 0.3) is 0 Å². The number of hydrogen-bond donors (Lipinski definition) is 4. The zero-order valence-corrected chi connectivity index (χ0v) is 15.5. The molecule has 1 unspecified atom stereocenters. The van der Waals surface area contributed by atoms with Crippen molar-refractivity contribution in [1.82, 2.24) is 19.5 Å². The number of thiol groups is 2. The standard InChI is InChI=1S/C13H16N8O4S2/c14-10-8-11(17-3-16-10)21(4-18-8)12-9(25-13(23)6(27)2-26)7(19-20-15)5(1-22)24-12/h3-7,9,12,22,26-27H,1-2H2,(H2,14,16,17)/t5-,6?,7-,9-,12-/m1/s1. The van der Waals surface area contributed by atoms with Crippen molar-refractivity contribution in [1.29, 1.82) is 0 Å². The summed E-state index contributed by atoms with van der Waals surface area (Å²) in [5.74, 6) is -0.351. The lowest BCUT2D eigenvalue weighted by Gasteiger charge is -2.23. The van der Waals surface area contributed by atoms with Gasteiger partial charge in [-0.15, -0.1) is 0 Å². The Morgan fingerprint density at radius 1 is 1.56 bits per heavy atom. The molecule has 0 bridgehead atoms. The van der Waals surface area contributed by atoms with E-state index in [-0.39, 0.29) is 11.6 Å². The molecule has 0 radical (unpaired) electrons. The first-order valence-corrected chi connectivity index (χ1v) is 8.89. The molecule has 1 saturated heterocycles. The number of carbonyl (C=O) groups is 1. The van der Waals surface area contributed by atoms with E-state index in [2.05, 4.69) is 50.2 Å². The van der Waals surface area contributed by atoms with Crippen LogP contribution in [0.2, 0.25) is 0 Å². The molecule has 0 aliphatic carbocycles. The van der Waals surface area contributed by atoms with Gasteiger partial charge in [0.2, 0.25) is 0 Å². The maximum Gasteiger partial charge on any atom is 0.320 e. The monoisotopic (exact) mass is 412 g/mol. The predicted molar refractivity (Wildman–Crippen MR) is 100 cm³/mol. The second-order valence-electron chi connectivity index (χ2n) is 5.63. The summed E-state index contributed by atoms with van der Waals surface area (Å²) in [6.07, 6.45) is -0.250. The average Bonchev–Trinajstić information content (AvgIpc) is 3.24. The molecule has 1 aliphatic heterocycles. The minimum atomic E-state index is -1.05. The van der Waals surface area contributed by atoms with E-state index < -0.39 is 42.3 Å². The number of azide groups is 1. The van der Waals surface area contributed by atoms with Gasteiger partial charge in [0.15, 0.2) is 23.8 Å². The van der Waals surface area contributed by atoms with E-state index in [0.29, 0.717) is 11.2 Å². The van der Waals surface area contributed by atoms with E-state index in [4.69, 9.17) is 20.7 Å². The number of rotatable bonds is 6. The van der Waals surface area contributed by atoms with E-state index >= 15 is 0 Å². The molecule has 14 heteroatoms. The number of ether oxygens (including phenoxy) is 2. The number of aliphatic hydroxyl groups excluding tert-OH is 1. The largest absolute Gasteiger partial charge is 0.456 e. The number of aliphatic hydroxyl groups is 1. The minimum Gasteiger partial charge on any atom is -0.456 e. The number of anilines is 1. The van der Waals surface area contributed by atoms with E-state index in [9.17, 15) is 9.90 Å². The van der Waals surface area contributed by atoms with Crippen molar-refractivity contribution < 1.29 is 19.4 Å². The summed E-state index contributed by atoms with van der Waals surface area (Å²) in [6.45, 7) is -0.450. The quantitative estimate of drug-likeness (QED) is 0.170. The topological polar surface area (TPSA) is 174 Å². The van der Waals surface area contributed by atoms with Crippen LogP contribution >= 0.6 is 25.3 Å². The molecule has 1 aliphatic rings. The molecule has 2 aromatic heterocycles. The number of nitrogen functional groups attached to an aromatic ring is 1. The molecule has 0 aromatic carbocycles. The van der Waals surface area contributed by atoms with E-state index in [0.717, 1.165) is 0 Å². The number of aromatic nitrogens is 4. The van der Waals surface area contributed by atoms with Crippen LogP contribution in [0.4, 0.5) is 5.82 Å². The molecule has 2 aromatic rings. The number of imidazole rings is 1. The zero-order chi connectivity index (χ0) is 19.6. The number of carbonyl (C=O) groups excluding carboxylic acids is 1. The second-order valence-corrected chi connectivity index (χ2v) is 6.61. The smallest absolute Gasteiger partial charge is 0.320 e. The molecule has 5 atom stereocenters. The highest BCUT2D eigenvalue weighted by atomic mass is 32.1. The fourth-order valence-corrected chi connectivity index (χ4v) is 2.97. The Kier molecular flexibility index (Phi) is 5.92. The van der Waals surface area contributed by atoms with Crippen LogP contribution in [-0.2, 0) is 14.3 Å². The highest BCUT2D eigenvalue weighted by molar-refractivity contribution is 7.85. The summed E-state index contributed by atoms with van der Waals surface area (Å²) in [5, 5.41) is 12.4. The summed E-state index contributed by atoms with van der Waals surface area (Å²) < 4.78 is 12.8. The number of esters is 1. The lowest BCUT2D eigenvalue weighted by molar-refractivity contribution is -0.154. The summed E-state index contributed by atoms with van der Waals surface area (Å²) in [5.41, 5.74) is 15.3. The zero-order valence-electron chi connectivity index (χ0n) is 13.7. The van der Waals surface area contributed by atoms with Gasteiger partial charge in [0.1, 0.15) is 23.1 Å². The van der Waals surface area contributed by atoms with Crippen LogP contribution < -0.4 is 5.73 Å². The molecule has 1 fully saturated rings. The number of nitrogens with zero attached hydrogens (tertiary/aromatic N) is 7. The van der Waals surface area contributed by atoms with Crippen LogP contribution in [0.3, 0.4) is 0 Å². The first-order chi connectivity index (χ1) is 13.0. The fraction of sp³-hybridized carbons (Fsp3) is 0.538. The van der Waals surface area contributed by atoms with Crippen LogP contribution in [-0.4, -0.2) is 66.5 Å². The van der Waals surface area contributed by atoms with Gasteiger partial charge >= 0.3 is 5.97 Å². The molecule has 3 rings (SSSR count). The normalized spacial score (nSPS) is 25.9. The van der Waals surface area contributed by atoms with Gasteiger partial charge < -0.3 is 20.3 Å². The maximum atomic E-state index is 12.2. The highest BCUT2D eigenvalue weighted by Crippen LogP contribution is 2.36. The van der Waals surface area contributed by atoms with Gasteiger partial charge in [0, 0.05) is 10.7 Å². The first kappa shape index (κ1) is 19.5. The predicted octanol–water partition coefficient (Wildman–Crippen LogP) is 0.117. The molecule has 3 N–H and O–H groups in total. The molecular weight excluding hydrogens is 396 g/mol. The average molecular weight is 412 g/mol. The molecule has 3 heterocycles. The van der Waals surface area contributed by atoms with Gasteiger partial charge in [-0.2, -0.15) is 25.3 Å². The summed E-state index contributed by atoms with van der Waals surface area (Å²) in [6, 6.07) is -0.967. The van der Waals surface area contributed by atoms with E-state index in [1.165, 1.54) is 17.2 Å². The van der Waals surface area contributed by atoms with E-state index in [1.54, 1.807) is 0 Å². The molecule has 12 nitrogen and oxygen atoms in total. The minimum absolute atomic E-state index is 0.146. The number of nitrogens with two attached hydrogens (primary N) is 1. The molecule has 144 valence electrons. The van der Waals surface area contributed by atoms with Crippen molar-refractivity contribution in [2.45, 2.75) is 29.7 Å². The summed E-state index contributed by atoms with van der Waals surface area (Å²) in [7, 11) is 0. The molecular formula is C13H16N8O4S2. The Bertz CT molecular complexity index is 888. The van der Waals surface area contributed by atoms with Gasteiger partial charge in [-0.25, -0.2) is 15.0 Å². The highest BCUT2D eigenvalue weighted by Gasteiger charge is 2.48. The van der Waals surface area contributed by atoms with Crippen molar-refractivity contribution in [2.24, 2.45) is 5.11 Å². The van der Waals surface area contributed by atoms with Crippen molar-refractivity contribution in [2.75, 3.05) is 18.1 Å². The Morgan fingerprint density at radius 2 is 2.33 bits per heavy atom. The third-order valence-corrected chi connectivity index (χ3v) is 5.08. The van der Waals surface area contributed by atoms with Crippen molar-refractivity contribution in [3.63, 3.8) is 0 Å². The summed E-state index contributed by atoms with van der Waals surface area (Å²) in [4.78, 5) is 27.1. The summed E-state index contributed by atoms with van der Waals surface area (Å²) >= 11 is 8.12. The van der Waals surface area contributed by atoms with Crippen LogP contribution in [0, 0.1) is 0 Å². The first-order valence-electron chi connectivity index (χ1n) is 7.74. The van der Waals surface area contributed by atoms with Crippen molar-refractivity contribution in [3.05, 3.63) is 23.1 Å². The maximum absolute atomic E-state index is 12.2. The van der Waals surface area contributed by atoms with Gasteiger partial charge in [0.05, 0.1) is 19.0 Å². The van der Waals surface area contributed by atoms with E-state index in [1.807, 2.05) is 0 Å². The lowest BCUT2D eigenvalue weighted by Crippen LogP contribution is -2.37. The molecule has 0 saturated carbocycles. The number of hydrogen-bond acceptors (Lipinski definition) is 11. The van der Waals surface area contributed by atoms with Crippen LogP contribution in [0.15, 0.2) is 17.8 Å². The van der Waals surface area contributed by atoms with Crippen molar-refractivity contribution >= 4 is 48.2 Å². The van der Waals surface area contributed by atoms with Gasteiger partial charge in [-0.3, -0.25) is 9.36 Å². The van der Waals surface area contributed by atoms with Crippen LogP contribution in [0.25, 0.3) is 21.6 Å².